The third-order valence-corrected chi connectivity index (χ3v) is 3.50. The number of hydrogen-bond acceptors (Lipinski definition) is 4. The molecule has 0 radical (unpaired) electrons. The van der Waals surface area contributed by atoms with E-state index in [4.69, 9.17) is 0 Å². The summed E-state index contributed by atoms with van der Waals surface area (Å²) in [7, 11) is 0. The van der Waals surface area contributed by atoms with Crippen molar-refractivity contribution in [2.24, 2.45) is 0 Å². The maximum atomic E-state index is 4.49. The third-order valence-electron chi connectivity index (χ3n) is 3.50. The van der Waals surface area contributed by atoms with Gasteiger partial charge < -0.3 is 5.32 Å². The smallest absolute Gasteiger partial charge is 0.149 e. The Hall–Kier alpha value is -2.33. The first-order valence-electron chi connectivity index (χ1n) is 7.14. The number of benzene rings is 1. The Morgan fingerprint density at radius 2 is 1.90 bits per heavy atom. The van der Waals surface area contributed by atoms with Crippen LogP contribution >= 0.6 is 0 Å². The molecule has 0 bridgehead atoms. The van der Waals surface area contributed by atoms with Gasteiger partial charge in [0.25, 0.3) is 0 Å². The minimum Gasteiger partial charge on any atom is -0.304 e. The van der Waals surface area contributed by atoms with Crippen molar-refractivity contribution in [1.82, 2.24) is 20.3 Å². The monoisotopic (exact) mass is 278 g/mol. The SMILES string of the molecule is CCNC(c1ncc(C)cn1)c1cccc2ccncc12. The van der Waals surface area contributed by atoms with E-state index < -0.39 is 0 Å². The highest BCUT2D eigenvalue weighted by Gasteiger charge is 2.18. The van der Waals surface area contributed by atoms with Crippen molar-refractivity contribution in [3.63, 3.8) is 0 Å². The van der Waals surface area contributed by atoms with Gasteiger partial charge in [-0.3, -0.25) is 4.98 Å². The van der Waals surface area contributed by atoms with Crippen molar-refractivity contribution in [3.8, 4) is 0 Å². The van der Waals surface area contributed by atoms with Gasteiger partial charge in [-0.1, -0.05) is 25.1 Å². The molecule has 0 aliphatic carbocycles. The summed E-state index contributed by atoms with van der Waals surface area (Å²) < 4.78 is 0. The van der Waals surface area contributed by atoms with E-state index in [-0.39, 0.29) is 6.04 Å². The Balaban J connectivity index is 2.13. The minimum absolute atomic E-state index is 0.0245. The summed E-state index contributed by atoms with van der Waals surface area (Å²) in [6.45, 7) is 4.93. The second kappa shape index (κ2) is 5.97. The molecule has 4 nitrogen and oxygen atoms in total. The maximum absolute atomic E-state index is 4.49. The molecule has 0 fully saturated rings. The van der Waals surface area contributed by atoms with Crippen LogP contribution in [0.15, 0.2) is 49.1 Å². The summed E-state index contributed by atoms with van der Waals surface area (Å²) in [4.78, 5) is 13.2. The van der Waals surface area contributed by atoms with E-state index in [0.717, 1.165) is 28.9 Å². The van der Waals surface area contributed by atoms with E-state index in [9.17, 15) is 0 Å². The average Bonchev–Trinajstić information content (AvgIpc) is 2.53. The van der Waals surface area contributed by atoms with Crippen molar-refractivity contribution in [1.29, 1.82) is 0 Å². The summed E-state index contributed by atoms with van der Waals surface area (Å²) in [6.07, 6.45) is 7.44. The number of aromatic nitrogens is 3. The summed E-state index contributed by atoms with van der Waals surface area (Å²) in [6, 6.07) is 8.28. The molecule has 4 heteroatoms. The fraction of sp³-hybridized carbons (Fsp3) is 0.235. The Kier molecular flexibility index (Phi) is 3.88. The van der Waals surface area contributed by atoms with E-state index >= 15 is 0 Å². The molecule has 1 atom stereocenters. The molecule has 2 heterocycles. The summed E-state index contributed by atoms with van der Waals surface area (Å²) in [5, 5.41) is 5.79. The predicted molar refractivity (Wildman–Crippen MR) is 84.0 cm³/mol. The lowest BCUT2D eigenvalue weighted by molar-refractivity contribution is 0.600. The number of pyridine rings is 1. The Labute approximate surface area is 124 Å². The molecule has 0 amide bonds. The van der Waals surface area contributed by atoms with Gasteiger partial charge in [-0.05, 0) is 36.0 Å². The van der Waals surface area contributed by atoms with Gasteiger partial charge in [0, 0.05) is 30.2 Å². The first kappa shape index (κ1) is 13.6. The van der Waals surface area contributed by atoms with Gasteiger partial charge in [-0.2, -0.15) is 0 Å². The maximum Gasteiger partial charge on any atom is 0.149 e. The fourth-order valence-corrected chi connectivity index (χ4v) is 2.48. The second-order valence-corrected chi connectivity index (χ2v) is 5.05. The van der Waals surface area contributed by atoms with Crippen molar-refractivity contribution in [2.45, 2.75) is 19.9 Å². The zero-order valence-electron chi connectivity index (χ0n) is 12.2. The fourth-order valence-electron chi connectivity index (χ4n) is 2.48. The lowest BCUT2D eigenvalue weighted by Crippen LogP contribution is -2.24. The van der Waals surface area contributed by atoms with Gasteiger partial charge in [0.1, 0.15) is 5.82 Å². The van der Waals surface area contributed by atoms with E-state index in [1.807, 2.05) is 37.8 Å². The Morgan fingerprint density at radius 1 is 1.10 bits per heavy atom. The van der Waals surface area contributed by atoms with Crippen LogP contribution in [0, 0.1) is 6.92 Å². The summed E-state index contributed by atoms with van der Waals surface area (Å²) >= 11 is 0. The van der Waals surface area contributed by atoms with E-state index in [1.54, 1.807) is 0 Å². The molecule has 2 aromatic heterocycles. The molecule has 3 aromatic rings. The van der Waals surface area contributed by atoms with Crippen LogP contribution in [0.3, 0.4) is 0 Å². The van der Waals surface area contributed by atoms with Crippen LogP contribution < -0.4 is 5.32 Å². The van der Waals surface area contributed by atoms with Gasteiger partial charge in [-0.15, -0.1) is 0 Å². The van der Waals surface area contributed by atoms with Gasteiger partial charge in [0.15, 0.2) is 0 Å². The zero-order valence-corrected chi connectivity index (χ0v) is 12.2. The number of rotatable bonds is 4. The van der Waals surface area contributed by atoms with Crippen LogP contribution in [-0.4, -0.2) is 21.5 Å². The molecule has 3 rings (SSSR count). The normalized spacial score (nSPS) is 12.5. The summed E-state index contributed by atoms with van der Waals surface area (Å²) in [5.74, 6) is 0.791. The number of aryl methyl sites for hydroxylation is 1. The molecule has 0 aliphatic rings. The highest BCUT2D eigenvalue weighted by molar-refractivity contribution is 5.85. The van der Waals surface area contributed by atoms with Crippen molar-refractivity contribution < 1.29 is 0 Å². The Morgan fingerprint density at radius 3 is 2.67 bits per heavy atom. The zero-order chi connectivity index (χ0) is 14.7. The Bertz CT molecular complexity index is 732. The number of nitrogens with zero attached hydrogens (tertiary/aromatic N) is 3. The van der Waals surface area contributed by atoms with Crippen LogP contribution in [-0.2, 0) is 0 Å². The highest BCUT2D eigenvalue weighted by atomic mass is 15.0. The van der Waals surface area contributed by atoms with Gasteiger partial charge in [0.2, 0.25) is 0 Å². The van der Waals surface area contributed by atoms with Crippen molar-refractivity contribution in [2.75, 3.05) is 6.54 Å². The quantitative estimate of drug-likeness (QED) is 0.797. The highest BCUT2D eigenvalue weighted by Crippen LogP contribution is 2.26. The molecule has 1 unspecified atom stereocenters. The molecule has 0 spiro atoms. The van der Waals surface area contributed by atoms with Gasteiger partial charge in [0.05, 0.1) is 6.04 Å². The second-order valence-electron chi connectivity index (χ2n) is 5.05. The van der Waals surface area contributed by atoms with E-state index in [2.05, 4.69) is 45.4 Å². The molecule has 0 saturated heterocycles. The average molecular weight is 278 g/mol. The first-order chi connectivity index (χ1) is 10.3. The van der Waals surface area contributed by atoms with E-state index in [1.165, 1.54) is 5.39 Å². The van der Waals surface area contributed by atoms with Crippen LogP contribution in [0.5, 0.6) is 0 Å². The first-order valence-corrected chi connectivity index (χ1v) is 7.14. The number of nitrogens with one attached hydrogen (secondary N) is 1. The minimum atomic E-state index is -0.0245. The predicted octanol–water partition coefficient (Wildman–Crippen LogP) is 3.03. The van der Waals surface area contributed by atoms with Crippen molar-refractivity contribution >= 4 is 10.8 Å². The van der Waals surface area contributed by atoms with Crippen LogP contribution in [0.2, 0.25) is 0 Å². The van der Waals surface area contributed by atoms with Crippen LogP contribution in [0.4, 0.5) is 0 Å². The molecule has 1 N–H and O–H groups in total. The molecular formula is C17H18N4. The van der Waals surface area contributed by atoms with E-state index in [0.29, 0.717) is 0 Å². The molecular weight excluding hydrogens is 260 g/mol. The lowest BCUT2D eigenvalue weighted by atomic mass is 9.99. The lowest BCUT2D eigenvalue weighted by Gasteiger charge is -2.18. The topological polar surface area (TPSA) is 50.7 Å². The largest absolute Gasteiger partial charge is 0.304 e. The number of hydrogen-bond donors (Lipinski definition) is 1. The molecule has 1 aromatic carbocycles. The van der Waals surface area contributed by atoms with Crippen molar-refractivity contribution in [3.05, 3.63) is 66.0 Å². The number of fused-ring (bicyclic) bond motifs is 1. The van der Waals surface area contributed by atoms with Gasteiger partial charge in [-0.25, -0.2) is 9.97 Å². The molecule has 21 heavy (non-hydrogen) atoms. The van der Waals surface area contributed by atoms with Crippen LogP contribution in [0.25, 0.3) is 10.8 Å². The van der Waals surface area contributed by atoms with Crippen LogP contribution in [0.1, 0.15) is 29.9 Å². The summed E-state index contributed by atoms with van der Waals surface area (Å²) in [5.41, 5.74) is 2.22. The molecule has 0 aliphatic heterocycles. The molecule has 106 valence electrons. The molecule has 0 saturated carbocycles. The van der Waals surface area contributed by atoms with Gasteiger partial charge >= 0.3 is 0 Å². The standard InChI is InChI=1S/C17H18N4/c1-3-19-16(17-20-9-12(2)10-21-17)14-6-4-5-13-7-8-18-11-15(13)14/h4-11,16,19H,3H2,1-2H3. The third kappa shape index (κ3) is 2.76.